The van der Waals surface area contributed by atoms with Crippen molar-refractivity contribution < 1.29 is 18.3 Å². The minimum Gasteiger partial charge on any atom is -0.506 e. The van der Waals surface area contributed by atoms with E-state index in [1.54, 1.807) is 18.2 Å². The van der Waals surface area contributed by atoms with Gasteiger partial charge < -0.3 is 5.11 Å². The third-order valence-electron chi connectivity index (χ3n) is 3.73. The molecule has 25 heavy (non-hydrogen) atoms. The Kier molecular flexibility index (Phi) is 5.67. The van der Waals surface area contributed by atoms with Crippen LogP contribution in [-0.4, -0.2) is 19.3 Å². The molecule has 0 spiro atoms. The zero-order valence-electron chi connectivity index (χ0n) is 13.8. The summed E-state index contributed by atoms with van der Waals surface area (Å²) >= 11 is 5.91. The number of nitrogens with one attached hydrogen (secondary N) is 1. The number of Topliss-reactive ketones (excluding diaryl/α,β-unsaturated/α-hetero) is 1. The fourth-order valence-electron chi connectivity index (χ4n) is 2.23. The van der Waals surface area contributed by atoms with E-state index in [1.165, 1.54) is 31.2 Å². The number of rotatable bonds is 6. The lowest BCUT2D eigenvalue weighted by Crippen LogP contribution is -2.31. The molecule has 1 atom stereocenters. The molecule has 0 saturated carbocycles. The molecule has 5 nitrogen and oxygen atoms in total. The van der Waals surface area contributed by atoms with Gasteiger partial charge in [0.2, 0.25) is 10.0 Å². The number of ketones is 1. The molecular weight excluding hydrogens is 362 g/mol. The molecule has 2 aromatic rings. The fourth-order valence-corrected chi connectivity index (χ4v) is 3.62. The third-order valence-corrected chi connectivity index (χ3v) is 5.48. The summed E-state index contributed by atoms with van der Waals surface area (Å²) in [6, 6.07) is 9.62. The smallest absolute Gasteiger partial charge is 0.241 e. The Morgan fingerprint density at radius 3 is 2.36 bits per heavy atom. The van der Waals surface area contributed by atoms with Crippen LogP contribution in [0.5, 0.6) is 5.75 Å². The largest absolute Gasteiger partial charge is 0.506 e. The number of sulfonamides is 1. The Bertz CT molecular complexity index is 921. The minimum atomic E-state index is -3.95. The predicted molar refractivity (Wildman–Crippen MR) is 97.2 cm³/mol. The average Bonchev–Trinajstić information content (AvgIpc) is 2.55. The normalized spacial score (nSPS) is 12.6. The maximum absolute atomic E-state index is 12.7. The van der Waals surface area contributed by atoms with Crippen LogP contribution in [0, 0.1) is 6.92 Å². The Morgan fingerprint density at radius 2 is 1.80 bits per heavy atom. The summed E-state index contributed by atoms with van der Waals surface area (Å²) in [5.74, 6) is -0.709. The Hall–Kier alpha value is -2.15. The van der Waals surface area contributed by atoms with Crippen molar-refractivity contribution in [1.82, 2.24) is 4.72 Å². The molecule has 0 bridgehead atoms. The molecule has 0 amide bonds. The van der Waals surface area contributed by atoms with Crippen LogP contribution in [0.1, 0.15) is 24.1 Å². The highest BCUT2D eigenvalue weighted by Crippen LogP contribution is 2.35. The summed E-state index contributed by atoms with van der Waals surface area (Å²) in [7, 11) is -3.95. The van der Waals surface area contributed by atoms with Gasteiger partial charge >= 0.3 is 0 Å². The van der Waals surface area contributed by atoms with E-state index in [4.69, 9.17) is 11.6 Å². The molecule has 2 aromatic carbocycles. The molecule has 0 aliphatic heterocycles. The molecule has 0 aliphatic carbocycles. The van der Waals surface area contributed by atoms with Crippen LogP contribution < -0.4 is 4.72 Å². The highest BCUT2D eigenvalue weighted by atomic mass is 35.5. The second-order valence-electron chi connectivity index (χ2n) is 5.63. The fraction of sp³-hybridized carbons (Fsp3) is 0.167. The van der Waals surface area contributed by atoms with Gasteiger partial charge in [-0.05, 0) is 32.0 Å². The predicted octanol–water partition coefficient (Wildman–Crippen LogP) is 3.52. The van der Waals surface area contributed by atoms with Crippen molar-refractivity contribution in [1.29, 1.82) is 0 Å². The molecule has 7 heteroatoms. The van der Waals surface area contributed by atoms with Crippen molar-refractivity contribution in [3.63, 3.8) is 0 Å². The van der Waals surface area contributed by atoms with E-state index in [1.807, 2.05) is 6.92 Å². The summed E-state index contributed by atoms with van der Waals surface area (Å²) < 4.78 is 27.8. The monoisotopic (exact) mass is 379 g/mol. The maximum Gasteiger partial charge on any atom is 0.241 e. The first-order valence-corrected chi connectivity index (χ1v) is 9.25. The van der Waals surface area contributed by atoms with Gasteiger partial charge in [-0.2, -0.15) is 4.72 Å². The average molecular weight is 380 g/mol. The van der Waals surface area contributed by atoms with Gasteiger partial charge in [0.05, 0.1) is 16.0 Å². The SMILES string of the molecule is C=C(C(C)=O)[C@@H](NS(=O)(=O)c1ccc(C)cc1)c1cccc(Cl)c1O. The van der Waals surface area contributed by atoms with Gasteiger partial charge in [-0.15, -0.1) is 0 Å². The van der Waals surface area contributed by atoms with Gasteiger partial charge in [0.15, 0.2) is 5.78 Å². The van der Waals surface area contributed by atoms with E-state index in [2.05, 4.69) is 11.3 Å². The van der Waals surface area contributed by atoms with E-state index >= 15 is 0 Å². The minimum absolute atomic E-state index is 0.00625. The molecule has 2 rings (SSSR count). The molecule has 0 aliphatic rings. The summed E-state index contributed by atoms with van der Waals surface area (Å²) in [4.78, 5) is 11.8. The van der Waals surface area contributed by atoms with Crippen LogP contribution in [0.2, 0.25) is 5.02 Å². The molecule has 0 fully saturated rings. The number of carbonyl (C=O) groups excluding carboxylic acids is 1. The van der Waals surface area contributed by atoms with Crippen LogP contribution in [0.25, 0.3) is 0 Å². The number of hydrogen-bond donors (Lipinski definition) is 2. The molecule has 2 N–H and O–H groups in total. The van der Waals surface area contributed by atoms with Gasteiger partial charge in [0.25, 0.3) is 0 Å². The van der Waals surface area contributed by atoms with Crippen molar-refractivity contribution in [2.45, 2.75) is 24.8 Å². The number of benzene rings is 2. The zero-order valence-corrected chi connectivity index (χ0v) is 15.4. The molecule has 0 unspecified atom stereocenters. The number of phenolic OH excluding ortho intramolecular Hbond substituents is 1. The van der Waals surface area contributed by atoms with Crippen LogP contribution >= 0.6 is 11.6 Å². The quantitative estimate of drug-likeness (QED) is 0.752. The molecule has 0 radical (unpaired) electrons. The first-order chi connectivity index (χ1) is 11.6. The molecule has 0 saturated heterocycles. The van der Waals surface area contributed by atoms with E-state index in [0.717, 1.165) is 5.56 Å². The van der Waals surface area contributed by atoms with Gasteiger partial charge in [0.1, 0.15) is 5.75 Å². The van der Waals surface area contributed by atoms with E-state index in [0.29, 0.717) is 0 Å². The van der Waals surface area contributed by atoms with Crippen molar-refractivity contribution >= 4 is 27.4 Å². The van der Waals surface area contributed by atoms with Gasteiger partial charge in [-0.25, -0.2) is 8.42 Å². The third kappa shape index (κ3) is 4.28. The molecular formula is C18H18ClNO4S. The number of halogens is 1. The van der Waals surface area contributed by atoms with Crippen molar-refractivity contribution in [3.05, 3.63) is 70.8 Å². The van der Waals surface area contributed by atoms with E-state index < -0.39 is 21.8 Å². The van der Waals surface area contributed by atoms with Crippen LogP contribution in [0.4, 0.5) is 0 Å². The Labute approximate surface area is 152 Å². The first kappa shape index (κ1) is 19.2. The Morgan fingerprint density at radius 1 is 1.20 bits per heavy atom. The van der Waals surface area contributed by atoms with Gasteiger partial charge in [-0.3, -0.25) is 4.79 Å². The number of aryl methyl sites for hydroxylation is 1. The Balaban J connectivity index is 2.50. The molecule has 132 valence electrons. The van der Waals surface area contributed by atoms with Gasteiger partial charge in [-0.1, -0.05) is 48.0 Å². The number of phenols is 1. The number of carbonyl (C=O) groups is 1. The lowest BCUT2D eigenvalue weighted by atomic mass is 9.97. The summed E-state index contributed by atoms with van der Waals surface area (Å²) in [6.07, 6.45) is 0. The highest BCUT2D eigenvalue weighted by Gasteiger charge is 2.28. The summed E-state index contributed by atoms with van der Waals surface area (Å²) in [5, 5.41) is 10.2. The van der Waals surface area contributed by atoms with Crippen molar-refractivity contribution in [2.75, 3.05) is 0 Å². The van der Waals surface area contributed by atoms with Crippen LogP contribution in [0.3, 0.4) is 0 Å². The highest BCUT2D eigenvalue weighted by molar-refractivity contribution is 7.89. The molecule has 0 aromatic heterocycles. The zero-order chi connectivity index (χ0) is 18.8. The van der Waals surface area contributed by atoms with Gasteiger partial charge in [0, 0.05) is 11.1 Å². The number of para-hydroxylation sites is 1. The number of hydrogen-bond acceptors (Lipinski definition) is 4. The summed E-state index contributed by atoms with van der Waals surface area (Å²) in [5.41, 5.74) is 1.06. The summed E-state index contributed by atoms with van der Waals surface area (Å²) in [6.45, 7) is 6.78. The topological polar surface area (TPSA) is 83.5 Å². The second kappa shape index (κ2) is 7.39. The lowest BCUT2D eigenvalue weighted by Gasteiger charge is -2.21. The van der Waals surface area contributed by atoms with E-state index in [-0.39, 0.29) is 26.8 Å². The first-order valence-electron chi connectivity index (χ1n) is 7.39. The second-order valence-corrected chi connectivity index (χ2v) is 7.75. The van der Waals surface area contributed by atoms with Crippen LogP contribution in [0.15, 0.2) is 59.5 Å². The van der Waals surface area contributed by atoms with E-state index in [9.17, 15) is 18.3 Å². The maximum atomic E-state index is 12.7. The lowest BCUT2D eigenvalue weighted by molar-refractivity contribution is -0.113. The van der Waals surface area contributed by atoms with Crippen LogP contribution in [-0.2, 0) is 14.8 Å². The standard InChI is InChI=1S/C18H18ClNO4S/c1-11-7-9-14(10-8-11)25(23,24)20-17(12(2)13(3)21)15-5-4-6-16(19)18(15)22/h4-10,17,20,22H,2H2,1,3H3/t17-/m1/s1. The van der Waals surface area contributed by atoms with Crippen molar-refractivity contribution in [3.8, 4) is 5.75 Å². The van der Waals surface area contributed by atoms with Crippen molar-refractivity contribution in [2.24, 2.45) is 0 Å². The number of aromatic hydroxyl groups is 1. The molecule has 0 heterocycles.